The summed E-state index contributed by atoms with van der Waals surface area (Å²) in [5, 5.41) is 23.3. The smallest absolute Gasteiger partial charge is 0.291 e. The Labute approximate surface area is 157 Å². The van der Waals surface area contributed by atoms with Gasteiger partial charge in [0.2, 0.25) is 0 Å². The fourth-order valence-electron chi connectivity index (χ4n) is 2.55. The monoisotopic (exact) mass is 384 g/mol. The second kappa shape index (κ2) is 7.50. The minimum Gasteiger partial charge on any atom is -0.545 e. The van der Waals surface area contributed by atoms with Crippen LogP contribution in [0.2, 0.25) is 0 Å². The third kappa shape index (κ3) is 4.09. The molecule has 1 aliphatic heterocycles. The van der Waals surface area contributed by atoms with E-state index in [1.165, 1.54) is 36.4 Å². The number of carboxylic acids is 2. The lowest BCUT2D eigenvalue weighted by molar-refractivity contribution is -0.256. The van der Waals surface area contributed by atoms with E-state index in [-0.39, 0.29) is 17.7 Å². The molecule has 2 aromatic carbocycles. The quantitative estimate of drug-likeness (QED) is 0.739. The first-order valence-corrected chi connectivity index (χ1v) is 8.63. The molecule has 1 saturated heterocycles. The average molecular weight is 384 g/mol. The standard InChI is InChI=1S/C18H14N2O6S/c21-15-14(19-13-6-2-5-12(8-13)17(24)25)27-18(26)20(15)9-10-3-1-4-11(7-10)16(22)23/h1-8,14,19H,9H2,(H,22,23)(H,24,25)/p-2. The molecular formula is C18H12N2O6S-2. The number of carbonyl (C=O) groups excluding carboxylic acids is 4. The number of amides is 2. The summed E-state index contributed by atoms with van der Waals surface area (Å²) in [7, 11) is 0. The summed E-state index contributed by atoms with van der Waals surface area (Å²) < 4.78 is 0. The average Bonchev–Trinajstić information content (AvgIpc) is 2.89. The van der Waals surface area contributed by atoms with Crippen LogP contribution in [0.1, 0.15) is 26.3 Å². The normalized spacial score (nSPS) is 16.4. The Kier molecular flexibility index (Phi) is 5.13. The third-order valence-electron chi connectivity index (χ3n) is 3.83. The summed E-state index contributed by atoms with van der Waals surface area (Å²) in [5.41, 5.74) is 0.723. The SMILES string of the molecule is O=C([O-])c1cccc(CN2C(=O)SC(Nc3cccc(C(=O)[O-])c3)C2=O)c1. The third-order valence-corrected chi connectivity index (χ3v) is 4.81. The van der Waals surface area contributed by atoms with Crippen LogP contribution in [-0.4, -0.2) is 33.4 Å². The van der Waals surface area contributed by atoms with Crippen molar-refractivity contribution in [1.82, 2.24) is 4.90 Å². The van der Waals surface area contributed by atoms with Gasteiger partial charge >= 0.3 is 0 Å². The first-order chi connectivity index (χ1) is 12.8. The van der Waals surface area contributed by atoms with Crippen LogP contribution in [-0.2, 0) is 11.3 Å². The van der Waals surface area contributed by atoms with Gasteiger partial charge in [0, 0.05) is 5.69 Å². The minimum atomic E-state index is -1.35. The van der Waals surface area contributed by atoms with Gasteiger partial charge in [-0.25, -0.2) is 0 Å². The van der Waals surface area contributed by atoms with E-state index in [1.54, 1.807) is 12.1 Å². The molecule has 27 heavy (non-hydrogen) atoms. The molecule has 9 heteroatoms. The van der Waals surface area contributed by atoms with Gasteiger partial charge in [-0.2, -0.15) is 0 Å². The van der Waals surface area contributed by atoms with Gasteiger partial charge in [-0.15, -0.1) is 0 Å². The first-order valence-electron chi connectivity index (χ1n) is 7.75. The number of nitrogens with one attached hydrogen (secondary N) is 1. The van der Waals surface area contributed by atoms with Crippen LogP contribution in [0.4, 0.5) is 10.5 Å². The zero-order valence-corrected chi connectivity index (χ0v) is 14.5. The van der Waals surface area contributed by atoms with Crippen LogP contribution in [0.15, 0.2) is 48.5 Å². The van der Waals surface area contributed by atoms with Gasteiger partial charge < -0.3 is 25.1 Å². The van der Waals surface area contributed by atoms with Crippen molar-refractivity contribution in [3.8, 4) is 0 Å². The number of nitrogens with zero attached hydrogens (tertiary/aromatic N) is 1. The second-order valence-corrected chi connectivity index (χ2v) is 6.74. The second-order valence-electron chi connectivity index (χ2n) is 5.69. The Hall–Kier alpha value is -3.33. The van der Waals surface area contributed by atoms with Crippen LogP contribution in [0, 0.1) is 0 Å². The molecule has 0 bridgehead atoms. The zero-order chi connectivity index (χ0) is 19.6. The van der Waals surface area contributed by atoms with Gasteiger partial charge in [-0.3, -0.25) is 14.5 Å². The Balaban J connectivity index is 1.73. The van der Waals surface area contributed by atoms with E-state index < -0.39 is 28.5 Å². The van der Waals surface area contributed by atoms with Crippen molar-refractivity contribution in [3.63, 3.8) is 0 Å². The number of anilines is 1. The molecule has 1 N–H and O–H groups in total. The molecule has 1 aliphatic rings. The lowest BCUT2D eigenvalue weighted by Crippen LogP contribution is -2.34. The summed E-state index contributed by atoms with van der Waals surface area (Å²) in [6, 6.07) is 11.5. The van der Waals surface area contributed by atoms with Crippen molar-refractivity contribution in [2.24, 2.45) is 0 Å². The Morgan fingerprint density at radius 3 is 2.30 bits per heavy atom. The molecule has 2 aromatic rings. The summed E-state index contributed by atoms with van der Waals surface area (Å²) in [6.07, 6.45) is 0. The molecule has 138 valence electrons. The lowest BCUT2D eigenvalue weighted by atomic mass is 10.1. The van der Waals surface area contributed by atoms with Gasteiger partial charge in [0.25, 0.3) is 11.1 Å². The van der Waals surface area contributed by atoms with Crippen molar-refractivity contribution < 1.29 is 29.4 Å². The molecule has 0 spiro atoms. The number of hydrogen-bond acceptors (Lipinski definition) is 8. The molecule has 1 unspecified atom stereocenters. The predicted molar refractivity (Wildman–Crippen MR) is 92.5 cm³/mol. The van der Waals surface area contributed by atoms with Gasteiger partial charge in [0.05, 0.1) is 18.5 Å². The summed E-state index contributed by atoms with van der Waals surface area (Å²) >= 11 is 0.755. The van der Waals surface area contributed by atoms with Crippen LogP contribution >= 0.6 is 11.8 Å². The van der Waals surface area contributed by atoms with Crippen molar-refractivity contribution >= 4 is 40.5 Å². The van der Waals surface area contributed by atoms with Crippen molar-refractivity contribution in [1.29, 1.82) is 0 Å². The number of thioether (sulfide) groups is 1. The highest BCUT2D eigenvalue weighted by Gasteiger charge is 2.39. The Morgan fingerprint density at radius 1 is 1.00 bits per heavy atom. The maximum Gasteiger partial charge on any atom is 0.291 e. The maximum atomic E-state index is 12.5. The largest absolute Gasteiger partial charge is 0.545 e. The van der Waals surface area contributed by atoms with Crippen LogP contribution in [0.3, 0.4) is 0 Å². The first kappa shape index (κ1) is 18.5. The fourth-order valence-corrected chi connectivity index (χ4v) is 3.45. The molecule has 0 aromatic heterocycles. The molecule has 0 saturated carbocycles. The van der Waals surface area contributed by atoms with Gasteiger partial charge in [0.1, 0.15) is 0 Å². The molecule has 1 heterocycles. The molecule has 0 aliphatic carbocycles. The van der Waals surface area contributed by atoms with E-state index in [0.29, 0.717) is 11.3 Å². The highest BCUT2D eigenvalue weighted by molar-refractivity contribution is 8.15. The molecule has 2 amide bonds. The molecule has 1 atom stereocenters. The van der Waals surface area contributed by atoms with Crippen LogP contribution in [0.5, 0.6) is 0 Å². The van der Waals surface area contributed by atoms with Crippen LogP contribution in [0.25, 0.3) is 0 Å². The van der Waals surface area contributed by atoms with E-state index in [9.17, 15) is 29.4 Å². The highest BCUT2D eigenvalue weighted by Crippen LogP contribution is 2.29. The summed E-state index contributed by atoms with van der Waals surface area (Å²) in [6.45, 7) is -0.0803. The maximum absolute atomic E-state index is 12.5. The van der Waals surface area contributed by atoms with Crippen molar-refractivity contribution in [3.05, 3.63) is 65.2 Å². The molecule has 1 fully saturated rings. The zero-order valence-electron chi connectivity index (χ0n) is 13.7. The number of benzene rings is 2. The number of hydrogen-bond donors (Lipinski definition) is 1. The van der Waals surface area contributed by atoms with E-state index in [1.807, 2.05) is 0 Å². The van der Waals surface area contributed by atoms with Crippen LogP contribution < -0.4 is 15.5 Å². The van der Waals surface area contributed by atoms with E-state index in [0.717, 1.165) is 16.7 Å². The Morgan fingerprint density at radius 2 is 1.63 bits per heavy atom. The van der Waals surface area contributed by atoms with E-state index in [2.05, 4.69) is 5.32 Å². The van der Waals surface area contributed by atoms with Gasteiger partial charge in [0.15, 0.2) is 5.37 Å². The molecule has 8 nitrogen and oxygen atoms in total. The number of aromatic carboxylic acids is 2. The van der Waals surface area contributed by atoms with Gasteiger partial charge in [-0.1, -0.05) is 30.3 Å². The minimum absolute atomic E-state index is 0.0481. The van der Waals surface area contributed by atoms with Crippen molar-refractivity contribution in [2.75, 3.05) is 5.32 Å². The summed E-state index contributed by atoms with van der Waals surface area (Å²) in [5.74, 6) is -3.21. The Bertz CT molecular complexity index is 945. The molecule has 0 radical (unpaired) electrons. The number of imide groups is 1. The predicted octanol–water partition coefficient (Wildman–Crippen LogP) is 0.0472. The number of carbonyl (C=O) groups is 4. The topological polar surface area (TPSA) is 130 Å². The number of rotatable bonds is 6. The molecule has 3 rings (SSSR count). The van der Waals surface area contributed by atoms with Gasteiger partial charge in [-0.05, 0) is 46.7 Å². The number of carboxylic acid groups (broad SMARTS) is 2. The summed E-state index contributed by atoms with van der Waals surface area (Å²) in [4.78, 5) is 47.6. The fraction of sp³-hybridized carbons (Fsp3) is 0.111. The molecular weight excluding hydrogens is 372 g/mol. The van der Waals surface area contributed by atoms with Crippen molar-refractivity contribution in [2.45, 2.75) is 11.9 Å². The van der Waals surface area contributed by atoms with E-state index >= 15 is 0 Å². The highest BCUT2D eigenvalue weighted by atomic mass is 32.2. The lowest BCUT2D eigenvalue weighted by Gasteiger charge is -2.16. The van der Waals surface area contributed by atoms with E-state index in [4.69, 9.17) is 0 Å².